The van der Waals surface area contributed by atoms with Crippen molar-refractivity contribution in [2.45, 2.75) is 44.2 Å². The van der Waals surface area contributed by atoms with Gasteiger partial charge >= 0.3 is 5.97 Å². The minimum Gasteiger partial charge on any atom is -0.480 e. The molecule has 1 fully saturated rings. The van der Waals surface area contributed by atoms with E-state index in [0.29, 0.717) is 6.04 Å². The van der Waals surface area contributed by atoms with Gasteiger partial charge in [-0.05, 0) is 29.7 Å². The van der Waals surface area contributed by atoms with Gasteiger partial charge in [-0.1, -0.05) is 55.7 Å². The minimum absolute atomic E-state index is 0.00463. The number of nitrogens with two attached hydrogens (primary N) is 3. The third-order valence-electron chi connectivity index (χ3n) is 4.13. The van der Waals surface area contributed by atoms with Gasteiger partial charge in [-0.3, -0.25) is 9.59 Å². The van der Waals surface area contributed by atoms with Crippen LogP contribution in [-0.4, -0.2) is 36.0 Å². The monoisotopic (exact) mass is 359 g/mol. The summed E-state index contributed by atoms with van der Waals surface area (Å²) in [6.45, 7) is -0.00463. The van der Waals surface area contributed by atoms with Crippen LogP contribution in [0.4, 0.5) is 0 Å². The second kappa shape index (κ2) is 12.1. The average Bonchev–Trinajstić information content (AvgIpc) is 2.68. The van der Waals surface area contributed by atoms with E-state index in [0.717, 1.165) is 17.2 Å². The lowest BCUT2D eigenvalue weighted by Crippen LogP contribution is -2.37. The van der Waals surface area contributed by atoms with E-state index in [-0.39, 0.29) is 6.54 Å². The molecule has 0 bridgehead atoms. The van der Waals surface area contributed by atoms with Crippen LogP contribution in [0.25, 0.3) is 10.8 Å². The molecule has 2 aromatic rings. The van der Waals surface area contributed by atoms with Crippen LogP contribution in [0.3, 0.4) is 0 Å². The Morgan fingerprint density at radius 3 is 2.15 bits per heavy atom. The number of aliphatic carboxylic acids is 1. The Morgan fingerprint density at radius 1 is 1.12 bits per heavy atom. The molecule has 0 radical (unpaired) electrons. The van der Waals surface area contributed by atoms with E-state index in [1.54, 1.807) is 0 Å². The first-order valence-corrected chi connectivity index (χ1v) is 8.86. The molecule has 0 spiro atoms. The summed E-state index contributed by atoms with van der Waals surface area (Å²) in [5.41, 5.74) is 16.1. The van der Waals surface area contributed by atoms with Crippen LogP contribution in [0.1, 0.15) is 42.5 Å². The molecule has 3 rings (SSSR count). The van der Waals surface area contributed by atoms with Crippen molar-refractivity contribution in [1.29, 1.82) is 0 Å². The molecule has 0 heterocycles. The zero-order valence-electron chi connectivity index (χ0n) is 15.0. The average molecular weight is 359 g/mol. The summed E-state index contributed by atoms with van der Waals surface area (Å²) in [4.78, 5) is 20.2. The zero-order valence-corrected chi connectivity index (χ0v) is 15.0. The van der Waals surface area contributed by atoms with Gasteiger partial charge in [0, 0.05) is 18.2 Å². The van der Waals surface area contributed by atoms with Gasteiger partial charge < -0.3 is 22.3 Å². The maximum atomic E-state index is 10.5. The third kappa shape index (κ3) is 8.20. The van der Waals surface area contributed by atoms with Crippen LogP contribution < -0.4 is 17.2 Å². The van der Waals surface area contributed by atoms with Gasteiger partial charge in [0.2, 0.25) is 0 Å². The van der Waals surface area contributed by atoms with Crippen LogP contribution in [0.5, 0.6) is 0 Å². The van der Waals surface area contributed by atoms with Crippen molar-refractivity contribution < 1.29 is 14.7 Å². The Kier molecular flexibility index (Phi) is 10.2. The quantitative estimate of drug-likeness (QED) is 0.622. The number of fused-ring (bicyclic) bond motifs is 1. The Morgan fingerprint density at radius 2 is 1.73 bits per heavy atom. The fraction of sp³-hybridized carbons (Fsp3) is 0.400. The van der Waals surface area contributed by atoms with Crippen LogP contribution in [-0.2, 0) is 4.79 Å². The van der Waals surface area contributed by atoms with Crippen molar-refractivity contribution in [1.82, 2.24) is 0 Å². The Balaban J connectivity index is 0.000000210. The normalized spacial score (nSPS) is 15.0. The van der Waals surface area contributed by atoms with E-state index in [1.807, 2.05) is 42.5 Å². The molecule has 2 aromatic carbocycles. The molecule has 0 saturated heterocycles. The topological polar surface area (TPSA) is 132 Å². The van der Waals surface area contributed by atoms with Gasteiger partial charge in [-0.15, -0.1) is 0 Å². The SMILES string of the molecule is NC1CCCCC1.NC[C@H](N)C(=O)O.O=Cc1ccc2ccccc2c1. The lowest BCUT2D eigenvalue weighted by molar-refractivity contribution is -0.138. The summed E-state index contributed by atoms with van der Waals surface area (Å²) < 4.78 is 0. The van der Waals surface area contributed by atoms with Gasteiger partial charge in [-0.2, -0.15) is 0 Å². The molecule has 0 unspecified atom stereocenters. The lowest BCUT2D eigenvalue weighted by Gasteiger charge is -2.15. The maximum absolute atomic E-state index is 10.5. The zero-order chi connectivity index (χ0) is 19.4. The number of carbonyl (C=O) groups excluding carboxylic acids is 1. The Labute approximate surface area is 154 Å². The second-order valence-electron chi connectivity index (χ2n) is 6.30. The number of hydrogen-bond acceptors (Lipinski definition) is 5. The molecule has 7 N–H and O–H groups in total. The summed E-state index contributed by atoms with van der Waals surface area (Å²) in [5, 5.41) is 10.3. The highest BCUT2D eigenvalue weighted by molar-refractivity contribution is 5.88. The van der Waals surface area contributed by atoms with Gasteiger partial charge in [0.25, 0.3) is 0 Å². The van der Waals surface area contributed by atoms with Crippen LogP contribution in [0, 0.1) is 0 Å². The third-order valence-corrected chi connectivity index (χ3v) is 4.13. The number of carboxylic acids is 1. The van der Waals surface area contributed by atoms with Gasteiger partial charge in [0.15, 0.2) is 0 Å². The molecule has 6 heteroatoms. The number of benzene rings is 2. The second-order valence-corrected chi connectivity index (χ2v) is 6.30. The number of aldehydes is 1. The molecule has 1 aliphatic rings. The predicted octanol–water partition coefficient (Wildman–Crippen LogP) is 2.29. The highest BCUT2D eigenvalue weighted by Gasteiger charge is 2.06. The van der Waals surface area contributed by atoms with E-state index in [4.69, 9.17) is 22.3 Å². The molecular weight excluding hydrogens is 330 g/mol. The molecule has 142 valence electrons. The Hall–Kier alpha value is -2.28. The van der Waals surface area contributed by atoms with Crippen LogP contribution >= 0.6 is 0 Å². The van der Waals surface area contributed by atoms with Crippen LogP contribution in [0.15, 0.2) is 42.5 Å². The molecule has 1 atom stereocenters. The van der Waals surface area contributed by atoms with E-state index >= 15 is 0 Å². The molecular formula is C20H29N3O3. The van der Waals surface area contributed by atoms with E-state index in [9.17, 15) is 9.59 Å². The van der Waals surface area contributed by atoms with Gasteiger partial charge in [0.05, 0.1) is 0 Å². The highest BCUT2D eigenvalue weighted by atomic mass is 16.4. The molecule has 6 nitrogen and oxygen atoms in total. The van der Waals surface area contributed by atoms with Crippen molar-refractivity contribution in [2.75, 3.05) is 6.54 Å². The van der Waals surface area contributed by atoms with Crippen molar-refractivity contribution in [3.8, 4) is 0 Å². The molecule has 1 saturated carbocycles. The molecule has 0 aromatic heterocycles. The number of hydrogen-bond donors (Lipinski definition) is 4. The fourth-order valence-electron chi connectivity index (χ4n) is 2.52. The molecule has 0 amide bonds. The predicted molar refractivity (Wildman–Crippen MR) is 105 cm³/mol. The molecule has 0 aliphatic heterocycles. The number of carboxylic acid groups (broad SMARTS) is 1. The highest BCUT2D eigenvalue weighted by Crippen LogP contribution is 2.15. The fourth-order valence-corrected chi connectivity index (χ4v) is 2.52. The minimum atomic E-state index is -1.05. The van der Waals surface area contributed by atoms with E-state index < -0.39 is 12.0 Å². The van der Waals surface area contributed by atoms with Gasteiger partial charge in [-0.25, -0.2) is 0 Å². The first-order chi connectivity index (χ1) is 12.5. The number of carbonyl (C=O) groups is 2. The molecule has 1 aliphatic carbocycles. The van der Waals surface area contributed by atoms with E-state index in [2.05, 4.69) is 0 Å². The van der Waals surface area contributed by atoms with Crippen molar-refractivity contribution in [3.05, 3.63) is 48.0 Å². The summed E-state index contributed by atoms with van der Waals surface area (Å²) in [6.07, 6.45) is 7.53. The largest absolute Gasteiger partial charge is 0.480 e. The smallest absolute Gasteiger partial charge is 0.321 e. The molecule has 26 heavy (non-hydrogen) atoms. The summed E-state index contributed by atoms with van der Waals surface area (Å²) in [5.74, 6) is -1.05. The summed E-state index contributed by atoms with van der Waals surface area (Å²) in [6, 6.07) is 13.3. The standard InChI is InChI=1S/C11H8O.C6H13N.C3H8N2O2/c12-8-9-5-6-10-3-1-2-4-11(10)7-9;7-6-4-2-1-3-5-6;4-1-2(5)3(6)7/h1-8H;6H,1-5,7H2;2H,1,4-5H2,(H,6,7)/t;;2-/m..0/s1. The van der Waals surface area contributed by atoms with Crippen molar-refractivity contribution in [3.63, 3.8) is 0 Å². The van der Waals surface area contributed by atoms with Crippen molar-refractivity contribution in [2.24, 2.45) is 17.2 Å². The number of rotatable bonds is 3. The van der Waals surface area contributed by atoms with Crippen molar-refractivity contribution >= 4 is 23.0 Å². The van der Waals surface area contributed by atoms with Crippen LogP contribution in [0.2, 0.25) is 0 Å². The first-order valence-electron chi connectivity index (χ1n) is 8.86. The van der Waals surface area contributed by atoms with E-state index in [1.165, 1.54) is 37.5 Å². The summed E-state index contributed by atoms with van der Waals surface area (Å²) >= 11 is 0. The summed E-state index contributed by atoms with van der Waals surface area (Å²) in [7, 11) is 0. The lowest BCUT2D eigenvalue weighted by atomic mass is 9.97. The Bertz CT molecular complexity index is 685. The van der Waals surface area contributed by atoms with Gasteiger partial charge in [0.1, 0.15) is 12.3 Å². The first kappa shape index (κ1) is 21.8. The maximum Gasteiger partial charge on any atom is 0.321 e.